The summed E-state index contributed by atoms with van der Waals surface area (Å²) in [4.78, 5) is 38.3. The van der Waals surface area contributed by atoms with Crippen molar-refractivity contribution in [3.63, 3.8) is 0 Å². The maximum atomic E-state index is 13.2. The number of carbonyl (C=O) groups excluding carboxylic acids is 3. The molecule has 2 aromatic carbocycles. The molecule has 0 saturated carbocycles. The zero-order valence-electron chi connectivity index (χ0n) is 24.2. The lowest BCUT2D eigenvalue weighted by Crippen LogP contribution is -2.46. The smallest absolute Gasteiger partial charge is 0.305 e. The average molecular weight is 565 g/mol. The summed E-state index contributed by atoms with van der Waals surface area (Å²) in [5.41, 5.74) is 2.03. The van der Waals surface area contributed by atoms with Gasteiger partial charge in [-0.2, -0.15) is 0 Å². The van der Waals surface area contributed by atoms with Gasteiger partial charge in [0.2, 0.25) is 11.8 Å². The summed E-state index contributed by atoms with van der Waals surface area (Å²) in [6, 6.07) is 16.7. The van der Waals surface area contributed by atoms with Crippen molar-refractivity contribution in [2.24, 2.45) is 11.8 Å². The van der Waals surface area contributed by atoms with Gasteiger partial charge in [0.25, 0.3) is 0 Å². The molecule has 0 fully saturated rings. The van der Waals surface area contributed by atoms with Crippen molar-refractivity contribution in [2.45, 2.75) is 77.5 Å². The highest BCUT2D eigenvalue weighted by molar-refractivity contribution is 5.86. The average Bonchev–Trinajstić information content (AvgIpc) is 2.97. The molecule has 2 aromatic rings. The van der Waals surface area contributed by atoms with E-state index in [1.54, 1.807) is 0 Å². The lowest BCUT2D eigenvalue weighted by molar-refractivity contribution is -0.145. The molecule has 3 N–H and O–H groups in total. The number of cyclic esters (lactones) is 1. The highest BCUT2D eigenvalue weighted by atomic mass is 16.5. The number of aliphatic hydroxyl groups is 1. The summed E-state index contributed by atoms with van der Waals surface area (Å²) < 4.78 is 11.2. The molecule has 0 radical (unpaired) electrons. The fourth-order valence-corrected chi connectivity index (χ4v) is 4.57. The van der Waals surface area contributed by atoms with Crippen molar-refractivity contribution in [3.05, 3.63) is 77.9 Å². The second-order valence-corrected chi connectivity index (χ2v) is 11.0. The molecule has 8 nitrogen and oxygen atoms in total. The van der Waals surface area contributed by atoms with Gasteiger partial charge in [0.1, 0.15) is 19.0 Å². The maximum absolute atomic E-state index is 13.2. The van der Waals surface area contributed by atoms with Gasteiger partial charge in [-0.15, -0.1) is 0 Å². The van der Waals surface area contributed by atoms with Crippen LogP contribution in [0.5, 0.6) is 5.75 Å². The van der Waals surface area contributed by atoms with Crippen molar-refractivity contribution in [1.29, 1.82) is 0 Å². The Morgan fingerprint density at radius 1 is 1.05 bits per heavy atom. The fourth-order valence-electron chi connectivity index (χ4n) is 4.57. The molecule has 41 heavy (non-hydrogen) atoms. The van der Waals surface area contributed by atoms with Crippen molar-refractivity contribution < 1.29 is 29.0 Å². The number of ether oxygens (including phenoxy) is 2. The Bertz CT molecular complexity index is 1120. The Balaban J connectivity index is 1.56. The number of amides is 2. The molecule has 0 saturated heterocycles. The topological polar surface area (TPSA) is 114 Å². The van der Waals surface area contributed by atoms with Gasteiger partial charge in [-0.1, -0.05) is 68.5 Å². The number of hydrogen-bond acceptors (Lipinski definition) is 6. The molecular formula is C33H44N2O6. The lowest BCUT2D eigenvalue weighted by Gasteiger charge is -2.25. The van der Waals surface area contributed by atoms with E-state index < -0.39 is 12.0 Å². The van der Waals surface area contributed by atoms with E-state index in [0.29, 0.717) is 25.9 Å². The van der Waals surface area contributed by atoms with Crippen molar-refractivity contribution >= 4 is 17.8 Å². The Hall–Kier alpha value is -3.65. The van der Waals surface area contributed by atoms with Crippen LogP contribution >= 0.6 is 0 Å². The zero-order valence-corrected chi connectivity index (χ0v) is 24.2. The van der Waals surface area contributed by atoms with Gasteiger partial charge < -0.3 is 25.2 Å². The molecular weight excluding hydrogens is 520 g/mol. The Kier molecular flexibility index (Phi) is 13.4. The molecule has 3 rings (SSSR count). The molecule has 1 aliphatic heterocycles. The molecule has 2 amide bonds. The third-order valence-electron chi connectivity index (χ3n) is 7.19. The monoisotopic (exact) mass is 564 g/mol. The molecule has 0 spiro atoms. The van der Waals surface area contributed by atoms with E-state index in [2.05, 4.69) is 10.6 Å². The maximum Gasteiger partial charge on any atom is 0.305 e. The van der Waals surface area contributed by atoms with Crippen LogP contribution in [0.25, 0.3) is 0 Å². The van der Waals surface area contributed by atoms with Crippen LogP contribution in [-0.2, 0) is 32.1 Å². The predicted octanol–water partition coefficient (Wildman–Crippen LogP) is 4.50. The fraction of sp³-hybridized carbons (Fsp3) is 0.485. The molecule has 0 aliphatic carbocycles. The van der Waals surface area contributed by atoms with Crippen LogP contribution in [0.1, 0.15) is 63.5 Å². The van der Waals surface area contributed by atoms with E-state index in [-0.39, 0.29) is 49.4 Å². The number of aliphatic hydroxyl groups excluding tert-OH is 1. The summed E-state index contributed by atoms with van der Waals surface area (Å²) in [7, 11) is 0. The van der Waals surface area contributed by atoms with E-state index >= 15 is 0 Å². The molecule has 3 atom stereocenters. The highest BCUT2D eigenvalue weighted by Crippen LogP contribution is 2.17. The van der Waals surface area contributed by atoms with Crippen molar-refractivity contribution in [2.75, 3.05) is 13.2 Å². The largest absolute Gasteiger partial charge is 0.489 e. The third-order valence-corrected chi connectivity index (χ3v) is 7.19. The van der Waals surface area contributed by atoms with Gasteiger partial charge in [0.05, 0.1) is 24.6 Å². The molecule has 222 valence electrons. The summed E-state index contributed by atoms with van der Waals surface area (Å²) >= 11 is 0. The van der Waals surface area contributed by atoms with Crippen LogP contribution in [0.4, 0.5) is 0 Å². The number of rotatable bonds is 10. The molecule has 1 aliphatic rings. The van der Waals surface area contributed by atoms with Crippen LogP contribution in [0.3, 0.4) is 0 Å². The van der Waals surface area contributed by atoms with Crippen molar-refractivity contribution in [1.82, 2.24) is 10.6 Å². The molecule has 0 aromatic heterocycles. The summed E-state index contributed by atoms with van der Waals surface area (Å²) in [5.74, 6) is -0.585. The number of esters is 1. The van der Waals surface area contributed by atoms with Gasteiger partial charge in [-0.3, -0.25) is 14.4 Å². The Morgan fingerprint density at radius 3 is 2.51 bits per heavy atom. The molecule has 0 bridgehead atoms. The summed E-state index contributed by atoms with van der Waals surface area (Å²) in [6.07, 6.45) is 7.57. The predicted molar refractivity (Wildman–Crippen MR) is 158 cm³/mol. The highest BCUT2D eigenvalue weighted by Gasteiger charge is 2.26. The quantitative estimate of drug-likeness (QED) is 0.289. The second kappa shape index (κ2) is 17.2. The molecule has 3 unspecified atom stereocenters. The minimum absolute atomic E-state index is 0.0104. The van der Waals surface area contributed by atoms with Gasteiger partial charge in [-0.05, 0) is 61.3 Å². The van der Waals surface area contributed by atoms with E-state index in [9.17, 15) is 19.5 Å². The number of nitrogens with one attached hydrogen (secondary N) is 2. The van der Waals surface area contributed by atoms with Crippen LogP contribution in [0.15, 0.2) is 66.7 Å². The standard InChI is InChI=1S/C33H44N2O6/c1-24(2)30-23-41-32(38)14-10-5-3-4-9-13-27(33(39)35-30)20-31(37)34-28(21-36)19-25-15-17-29(18-16-25)40-22-26-11-7-6-8-12-26/h4,6-9,11-12,15-18,24,27-28,30,36H,3,5,10,13-14,19-23H2,1-2H3,(H,34,37)(H,35,39). The first-order valence-electron chi connectivity index (χ1n) is 14.6. The van der Waals surface area contributed by atoms with Gasteiger partial charge in [0.15, 0.2) is 0 Å². The summed E-state index contributed by atoms with van der Waals surface area (Å²) in [5, 5.41) is 15.8. The molecule has 8 heteroatoms. The van der Waals surface area contributed by atoms with Crippen LogP contribution in [0, 0.1) is 11.8 Å². The van der Waals surface area contributed by atoms with Gasteiger partial charge in [0, 0.05) is 12.8 Å². The van der Waals surface area contributed by atoms with E-state index in [1.165, 1.54) is 0 Å². The van der Waals surface area contributed by atoms with E-state index in [0.717, 1.165) is 36.1 Å². The Morgan fingerprint density at radius 2 is 1.80 bits per heavy atom. The lowest BCUT2D eigenvalue weighted by atomic mass is 9.96. The number of allylic oxidation sites excluding steroid dienone is 2. The first-order valence-corrected chi connectivity index (χ1v) is 14.6. The van der Waals surface area contributed by atoms with Crippen LogP contribution < -0.4 is 15.4 Å². The summed E-state index contributed by atoms with van der Waals surface area (Å²) in [6.45, 7) is 4.27. The molecule has 1 heterocycles. The minimum atomic E-state index is -0.577. The van der Waals surface area contributed by atoms with Gasteiger partial charge in [-0.25, -0.2) is 0 Å². The first kappa shape index (κ1) is 31.9. The van der Waals surface area contributed by atoms with Gasteiger partial charge >= 0.3 is 5.97 Å². The minimum Gasteiger partial charge on any atom is -0.489 e. The third kappa shape index (κ3) is 11.8. The first-order chi connectivity index (χ1) is 19.8. The zero-order chi connectivity index (χ0) is 29.5. The van der Waals surface area contributed by atoms with Crippen LogP contribution in [0.2, 0.25) is 0 Å². The van der Waals surface area contributed by atoms with E-state index in [1.807, 2.05) is 80.6 Å². The van der Waals surface area contributed by atoms with E-state index in [4.69, 9.17) is 9.47 Å². The normalized spacial score (nSPS) is 19.5. The number of carbonyl (C=O) groups is 3. The SMILES string of the molecule is CC(C)C1COC(=O)CCCCC=CCC(CC(=O)NC(CO)Cc2ccc(OCc3ccccc3)cc2)C(=O)N1. The Labute approximate surface area is 243 Å². The second-order valence-electron chi connectivity index (χ2n) is 11.0. The number of benzene rings is 2. The number of hydrogen-bond donors (Lipinski definition) is 3. The van der Waals surface area contributed by atoms with Crippen molar-refractivity contribution in [3.8, 4) is 5.75 Å². The van der Waals surface area contributed by atoms with Crippen LogP contribution in [-0.4, -0.2) is 48.2 Å².